The molecule has 3 heterocycles. The van der Waals surface area contributed by atoms with Crippen LogP contribution in [0, 0.1) is 6.92 Å². The number of hydrogen-bond acceptors (Lipinski definition) is 2. The van der Waals surface area contributed by atoms with Crippen LogP contribution in [0.15, 0.2) is 79.1 Å². The number of pyridine rings is 1. The second kappa shape index (κ2) is 7.24. The molecule has 1 aliphatic heterocycles. The fourth-order valence-electron chi connectivity index (χ4n) is 4.48. The first-order chi connectivity index (χ1) is 15.0. The Labute approximate surface area is 182 Å². The highest BCUT2D eigenvalue weighted by Gasteiger charge is 2.47. The van der Waals surface area contributed by atoms with Crippen LogP contribution in [0.4, 0.5) is 0 Å². The first-order valence-corrected chi connectivity index (χ1v) is 10.6. The summed E-state index contributed by atoms with van der Waals surface area (Å²) in [4.78, 5) is 23.6. The Morgan fingerprint density at radius 2 is 1.55 bits per heavy atom. The number of H-pyrrole nitrogens is 1. The second-order valence-electron chi connectivity index (χ2n) is 8.66. The molecule has 0 bridgehead atoms. The Morgan fingerprint density at radius 3 is 2.23 bits per heavy atom. The zero-order valence-corrected chi connectivity index (χ0v) is 18.0. The van der Waals surface area contributed by atoms with Crippen molar-refractivity contribution < 1.29 is 4.79 Å². The highest BCUT2D eigenvalue weighted by Crippen LogP contribution is 2.47. The lowest BCUT2D eigenvalue weighted by molar-refractivity contribution is 0.0590. The summed E-state index contributed by atoms with van der Waals surface area (Å²) in [6.07, 6.45) is 3.56. The van der Waals surface area contributed by atoms with E-state index in [9.17, 15) is 4.79 Å². The standard InChI is InChI=1S/C27H25N3O/c1-18-9-11-21(12-10-18)24-22(20-13-15-28-16-14-20)23-25(29-24)27(2,3)30(26(23)31)17-19-7-5-4-6-8-19/h4-16,29H,17H2,1-3H3. The number of rotatable bonds is 4. The van der Waals surface area contributed by atoms with Gasteiger partial charge in [-0.15, -0.1) is 0 Å². The Hall–Kier alpha value is -3.66. The van der Waals surface area contributed by atoms with Crippen molar-refractivity contribution in [3.63, 3.8) is 0 Å². The fraction of sp³-hybridized carbons (Fsp3) is 0.185. The van der Waals surface area contributed by atoms with Gasteiger partial charge in [0, 0.05) is 24.5 Å². The van der Waals surface area contributed by atoms with Gasteiger partial charge in [-0.1, -0.05) is 60.2 Å². The van der Waals surface area contributed by atoms with E-state index in [2.05, 4.69) is 67.1 Å². The topological polar surface area (TPSA) is 49.0 Å². The molecule has 31 heavy (non-hydrogen) atoms. The third kappa shape index (κ3) is 3.15. The Morgan fingerprint density at radius 1 is 0.871 bits per heavy atom. The van der Waals surface area contributed by atoms with Gasteiger partial charge in [-0.3, -0.25) is 9.78 Å². The maximum absolute atomic E-state index is 13.8. The monoisotopic (exact) mass is 407 g/mol. The first kappa shape index (κ1) is 19.3. The van der Waals surface area contributed by atoms with Crippen LogP contribution in [-0.2, 0) is 12.1 Å². The Bertz CT molecular complexity index is 1240. The average molecular weight is 408 g/mol. The predicted molar refractivity (Wildman–Crippen MR) is 124 cm³/mol. The van der Waals surface area contributed by atoms with Gasteiger partial charge < -0.3 is 9.88 Å². The molecule has 0 radical (unpaired) electrons. The smallest absolute Gasteiger partial charge is 0.257 e. The number of hydrogen-bond donors (Lipinski definition) is 1. The summed E-state index contributed by atoms with van der Waals surface area (Å²) >= 11 is 0. The number of carbonyl (C=O) groups excluding carboxylic acids is 1. The minimum absolute atomic E-state index is 0.0604. The summed E-state index contributed by atoms with van der Waals surface area (Å²) in [6.45, 7) is 6.89. The van der Waals surface area contributed by atoms with E-state index in [4.69, 9.17) is 0 Å². The van der Waals surface area contributed by atoms with Crippen LogP contribution in [0.1, 0.15) is 41.0 Å². The number of nitrogens with one attached hydrogen (secondary N) is 1. The van der Waals surface area contributed by atoms with E-state index in [-0.39, 0.29) is 5.91 Å². The quantitative estimate of drug-likeness (QED) is 0.455. The molecule has 0 unspecified atom stereocenters. The lowest BCUT2D eigenvalue weighted by Crippen LogP contribution is -2.39. The minimum atomic E-state index is -0.451. The third-order valence-electron chi connectivity index (χ3n) is 6.24. The van der Waals surface area contributed by atoms with Crippen LogP contribution in [0.5, 0.6) is 0 Å². The summed E-state index contributed by atoms with van der Waals surface area (Å²) < 4.78 is 0. The lowest BCUT2D eigenvalue weighted by atomic mass is 9.96. The number of benzene rings is 2. The van der Waals surface area contributed by atoms with Crippen LogP contribution in [0.25, 0.3) is 22.4 Å². The van der Waals surface area contributed by atoms with Gasteiger partial charge in [-0.2, -0.15) is 0 Å². The molecule has 4 aromatic rings. The molecule has 154 valence electrons. The summed E-state index contributed by atoms with van der Waals surface area (Å²) in [5.74, 6) is 0.0604. The molecule has 0 fully saturated rings. The molecular weight excluding hydrogens is 382 g/mol. The van der Waals surface area contributed by atoms with Crippen molar-refractivity contribution in [2.75, 3.05) is 0 Å². The SMILES string of the molecule is Cc1ccc(-c2[nH]c3c(c2-c2ccncc2)C(=O)N(Cc2ccccc2)C3(C)C)cc1. The van der Waals surface area contributed by atoms with E-state index in [1.807, 2.05) is 35.2 Å². The van der Waals surface area contributed by atoms with Crippen LogP contribution < -0.4 is 0 Å². The molecule has 2 aromatic heterocycles. The zero-order valence-electron chi connectivity index (χ0n) is 18.0. The molecule has 0 spiro atoms. The first-order valence-electron chi connectivity index (χ1n) is 10.6. The largest absolute Gasteiger partial charge is 0.355 e. The Balaban J connectivity index is 1.69. The van der Waals surface area contributed by atoms with Gasteiger partial charge in [0.1, 0.15) is 0 Å². The summed E-state index contributed by atoms with van der Waals surface area (Å²) in [5.41, 5.74) is 7.62. The van der Waals surface area contributed by atoms with E-state index < -0.39 is 5.54 Å². The van der Waals surface area contributed by atoms with Crippen LogP contribution in [-0.4, -0.2) is 20.8 Å². The van der Waals surface area contributed by atoms with Crippen molar-refractivity contribution in [3.8, 4) is 22.4 Å². The zero-order chi connectivity index (χ0) is 21.6. The van der Waals surface area contributed by atoms with Crippen molar-refractivity contribution in [3.05, 3.63) is 102 Å². The molecule has 1 aliphatic rings. The second-order valence-corrected chi connectivity index (χ2v) is 8.66. The molecule has 1 amide bonds. The van der Waals surface area contributed by atoms with Crippen molar-refractivity contribution in [1.82, 2.24) is 14.9 Å². The summed E-state index contributed by atoms with van der Waals surface area (Å²) in [7, 11) is 0. The molecule has 1 N–H and O–H groups in total. The van der Waals surface area contributed by atoms with Gasteiger partial charge >= 0.3 is 0 Å². The van der Waals surface area contributed by atoms with Crippen molar-refractivity contribution >= 4 is 5.91 Å². The predicted octanol–water partition coefficient (Wildman–Crippen LogP) is 5.94. The number of aromatic nitrogens is 2. The van der Waals surface area contributed by atoms with E-state index >= 15 is 0 Å². The maximum Gasteiger partial charge on any atom is 0.257 e. The molecule has 0 aliphatic carbocycles. The molecule has 2 aromatic carbocycles. The molecule has 0 atom stereocenters. The number of carbonyl (C=O) groups is 1. The normalized spacial score (nSPS) is 14.7. The van der Waals surface area contributed by atoms with E-state index in [1.165, 1.54) is 5.56 Å². The summed E-state index contributed by atoms with van der Waals surface area (Å²) in [5, 5.41) is 0. The van der Waals surface area contributed by atoms with Crippen molar-refractivity contribution in [2.24, 2.45) is 0 Å². The van der Waals surface area contributed by atoms with E-state index in [1.54, 1.807) is 12.4 Å². The van der Waals surface area contributed by atoms with Gasteiger partial charge in [0.05, 0.1) is 22.5 Å². The van der Waals surface area contributed by atoms with Crippen molar-refractivity contribution in [1.29, 1.82) is 0 Å². The number of amides is 1. The van der Waals surface area contributed by atoms with Gasteiger partial charge in [0.25, 0.3) is 5.91 Å². The van der Waals surface area contributed by atoms with Crippen molar-refractivity contribution in [2.45, 2.75) is 32.9 Å². The number of nitrogens with zero attached hydrogens (tertiary/aromatic N) is 2. The van der Waals surface area contributed by atoms with Gasteiger partial charge in [-0.05, 0) is 49.6 Å². The van der Waals surface area contributed by atoms with Gasteiger partial charge in [0.15, 0.2) is 0 Å². The molecule has 5 rings (SSSR count). The molecular formula is C27H25N3O. The molecule has 0 saturated carbocycles. The highest BCUT2D eigenvalue weighted by atomic mass is 16.2. The minimum Gasteiger partial charge on any atom is -0.355 e. The third-order valence-corrected chi connectivity index (χ3v) is 6.24. The molecule has 0 saturated heterocycles. The average Bonchev–Trinajstić information content (AvgIpc) is 3.27. The van der Waals surface area contributed by atoms with Gasteiger partial charge in [-0.25, -0.2) is 0 Å². The van der Waals surface area contributed by atoms with Crippen LogP contribution in [0.2, 0.25) is 0 Å². The van der Waals surface area contributed by atoms with E-state index in [0.717, 1.165) is 39.2 Å². The highest BCUT2D eigenvalue weighted by molar-refractivity contribution is 6.09. The van der Waals surface area contributed by atoms with Crippen LogP contribution >= 0.6 is 0 Å². The number of aryl methyl sites for hydroxylation is 1. The molecule has 4 heteroatoms. The fourth-order valence-corrected chi connectivity index (χ4v) is 4.48. The Kier molecular flexibility index (Phi) is 4.51. The van der Waals surface area contributed by atoms with Crippen LogP contribution in [0.3, 0.4) is 0 Å². The van der Waals surface area contributed by atoms with Gasteiger partial charge in [0.2, 0.25) is 0 Å². The molecule has 4 nitrogen and oxygen atoms in total. The number of fused-ring (bicyclic) bond motifs is 1. The summed E-state index contributed by atoms with van der Waals surface area (Å²) in [6, 6.07) is 22.5. The maximum atomic E-state index is 13.8. The van der Waals surface area contributed by atoms with E-state index in [0.29, 0.717) is 6.54 Å². The lowest BCUT2D eigenvalue weighted by Gasteiger charge is -2.32. The number of aromatic amines is 1.